The molecule has 0 N–H and O–H groups in total. The molecule has 2 aromatic carbocycles. The van der Waals surface area contributed by atoms with Crippen molar-refractivity contribution in [2.75, 3.05) is 6.61 Å². The zero-order valence-corrected chi connectivity index (χ0v) is 13.0. The van der Waals surface area contributed by atoms with E-state index in [1.807, 2.05) is 48.5 Å². The van der Waals surface area contributed by atoms with E-state index in [0.717, 1.165) is 10.9 Å². The van der Waals surface area contributed by atoms with Crippen LogP contribution in [0, 0.1) is 0 Å². The van der Waals surface area contributed by atoms with Gasteiger partial charge in [0.2, 0.25) is 0 Å². The van der Waals surface area contributed by atoms with Gasteiger partial charge in [-0.25, -0.2) is 9.78 Å². The van der Waals surface area contributed by atoms with E-state index >= 15 is 0 Å². The van der Waals surface area contributed by atoms with Crippen LogP contribution in [0.5, 0.6) is 5.75 Å². The van der Waals surface area contributed by atoms with Gasteiger partial charge in [-0.2, -0.15) is 0 Å². The van der Waals surface area contributed by atoms with Gasteiger partial charge in [0.15, 0.2) is 6.61 Å². The summed E-state index contributed by atoms with van der Waals surface area (Å²) in [6, 6.07) is 18.6. The third-order valence-electron chi connectivity index (χ3n) is 3.24. The summed E-state index contributed by atoms with van der Waals surface area (Å²) in [4.78, 5) is 16.0. The van der Waals surface area contributed by atoms with Crippen LogP contribution < -0.4 is 4.74 Å². The summed E-state index contributed by atoms with van der Waals surface area (Å²) in [6.45, 7) is -0.0870. The second-order valence-electron chi connectivity index (χ2n) is 4.89. The second kappa shape index (κ2) is 7.11. The van der Waals surface area contributed by atoms with Crippen molar-refractivity contribution in [2.24, 2.45) is 0 Å². The highest BCUT2D eigenvalue weighted by Gasteiger charge is 2.09. The highest BCUT2D eigenvalue weighted by molar-refractivity contribution is 6.30. The maximum atomic E-state index is 11.8. The Labute approximate surface area is 138 Å². The Balaban J connectivity index is 1.59. The lowest BCUT2D eigenvalue weighted by Crippen LogP contribution is -2.15. The van der Waals surface area contributed by atoms with E-state index in [4.69, 9.17) is 21.1 Å². The van der Waals surface area contributed by atoms with Gasteiger partial charge in [-0.3, -0.25) is 0 Å². The Hall–Kier alpha value is -2.59. The topological polar surface area (TPSA) is 48.4 Å². The number of rotatable bonds is 5. The van der Waals surface area contributed by atoms with Crippen molar-refractivity contribution in [3.05, 3.63) is 71.4 Å². The van der Waals surface area contributed by atoms with Gasteiger partial charge in [0, 0.05) is 10.9 Å². The van der Waals surface area contributed by atoms with Gasteiger partial charge in [0.25, 0.3) is 0 Å². The first-order valence-electron chi connectivity index (χ1n) is 7.10. The molecule has 5 heteroatoms. The minimum Gasteiger partial charge on any atom is -0.482 e. The Morgan fingerprint density at radius 2 is 1.78 bits per heavy atom. The zero-order chi connectivity index (χ0) is 16.1. The third kappa shape index (κ3) is 3.99. The SMILES string of the molecule is O=C(COc1ccccc1)OCc1cc2ccccc2nc1Cl. The van der Waals surface area contributed by atoms with Crippen LogP contribution in [0.15, 0.2) is 60.7 Å². The van der Waals surface area contributed by atoms with Gasteiger partial charge in [-0.1, -0.05) is 48.0 Å². The summed E-state index contributed by atoms with van der Waals surface area (Å²) >= 11 is 6.13. The maximum Gasteiger partial charge on any atom is 0.344 e. The van der Waals surface area contributed by atoms with E-state index < -0.39 is 5.97 Å². The summed E-state index contributed by atoms with van der Waals surface area (Å²) in [6.07, 6.45) is 0. The van der Waals surface area contributed by atoms with Crippen LogP contribution >= 0.6 is 11.6 Å². The molecule has 0 aliphatic carbocycles. The van der Waals surface area contributed by atoms with Crippen LogP contribution in [0.1, 0.15) is 5.56 Å². The van der Waals surface area contributed by atoms with Crippen LogP contribution in [0.3, 0.4) is 0 Å². The number of carbonyl (C=O) groups is 1. The van der Waals surface area contributed by atoms with E-state index in [1.165, 1.54) is 0 Å². The number of esters is 1. The summed E-state index contributed by atoms with van der Waals surface area (Å²) in [5.41, 5.74) is 1.47. The number of nitrogens with zero attached hydrogens (tertiary/aromatic N) is 1. The minimum absolute atomic E-state index is 0.0631. The number of benzene rings is 2. The summed E-state index contributed by atoms with van der Waals surface area (Å²) in [7, 11) is 0. The number of aromatic nitrogens is 1. The van der Waals surface area contributed by atoms with Crippen molar-refractivity contribution in [3.8, 4) is 5.75 Å². The lowest BCUT2D eigenvalue weighted by atomic mass is 10.2. The third-order valence-corrected chi connectivity index (χ3v) is 3.57. The Kier molecular flexibility index (Phi) is 4.74. The quantitative estimate of drug-likeness (QED) is 0.525. The predicted molar refractivity (Wildman–Crippen MR) is 88.5 cm³/mol. The molecule has 4 nitrogen and oxygen atoms in total. The predicted octanol–water partition coefficient (Wildman–Crippen LogP) is 4.01. The molecule has 0 saturated heterocycles. The number of para-hydroxylation sites is 2. The molecule has 0 bridgehead atoms. The molecule has 0 unspecified atom stereocenters. The standard InChI is InChI=1S/C18H14ClNO3/c19-18-14(10-13-6-4-5-9-16(13)20-18)11-23-17(21)12-22-15-7-2-1-3-8-15/h1-10H,11-12H2. The van der Waals surface area contributed by atoms with Crippen LogP contribution in [-0.2, 0) is 16.1 Å². The van der Waals surface area contributed by atoms with E-state index in [9.17, 15) is 4.79 Å². The number of halogens is 1. The maximum absolute atomic E-state index is 11.8. The van der Waals surface area contributed by atoms with Crippen molar-refractivity contribution >= 4 is 28.5 Å². The number of pyridine rings is 1. The molecule has 1 heterocycles. The summed E-state index contributed by atoms with van der Waals surface area (Å²) in [5.74, 6) is 0.160. The van der Waals surface area contributed by atoms with E-state index in [0.29, 0.717) is 16.5 Å². The fourth-order valence-corrected chi connectivity index (χ4v) is 2.30. The van der Waals surface area contributed by atoms with Gasteiger partial charge < -0.3 is 9.47 Å². The van der Waals surface area contributed by atoms with Crippen molar-refractivity contribution in [2.45, 2.75) is 6.61 Å². The molecule has 0 radical (unpaired) electrons. The van der Waals surface area contributed by atoms with E-state index in [-0.39, 0.29) is 13.2 Å². The van der Waals surface area contributed by atoms with Gasteiger partial charge >= 0.3 is 5.97 Å². The molecule has 0 saturated carbocycles. The monoisotopic (exact) mass is 327 g/mol. The lowest BCUT2D eigenvalue weighted by molar-refractivity contribution is -0.147. The van der Waals surface area contributed by atoms with E-state index in [2.05, 4.69) is 4.98 Å². The normalized spacial score (nSPS) is 10.5. The van der Waals surface area contributed by atoms with E-state index in [1.54, 1.807) is 12.1 Å². The number of ether oxygens (including phenoxy) is 2. The Morgan fingerprint density at radius 1 is 1.04 bits per heavy atom. The van der Waals surface area contributed by atoms with Crippen molar-refractivity contribution < 1.29 is 14.3 Å². The molecule has 0 spiro atoms. The molecule has 3 rings (SSSR count). The number of hydrogen-bond acceptors (Lipinski definition) is 4. The molecule has 0 atom stereocenters. The van der Waals surface area contributed by atoms with Gasteiger partial charge in [0.1, 0.15) is 17.5 Å². The molecule has 0 amide bonds. The average Bonchev–Trinajstić information content (AvgIpc) is 2.59. The first kappa shape index (κ1) is 15.3. The molecule has 0 aliphatic heterocycles. The molecule has 1 aromatic heterocycles. The number of carbonyl (C=O) groups excluding carboxylic acids is 1. The van der Waals surface area contributed by atoms with Crippen LogP contribution in [-0.4, -0.2) is 17.6 Å². The molecule has 0 aliphatic rings. The zero-order valence-electron chi connectivity index (χ0n) is 12.2. The number of fused-ring (bicyclic) bond motifs is 1. The second-order valence-corrected chi connectivity index (χ2v) is 5.25. The van der Waals surface area contributed by atoms with Crippen LogP contribution in [0.25, 0.3) is 10.9 Å². The summed E-state index contributed by atoms with van der Waals surface area (Å²) < 4.78 is 10.5. The first-order chi connectivity index (χ1) is 11.2. The summed E-state index contributed by atoms with van der Waals surface area (Å²) in [5, 5.41) is 1.28. The fraction of sp³-hybridized carbons (Fsp3) is 0.111. The largest absolute Gasteiger partial charge is 0.482 e. The van der Waals surface area contributed by atoms with Crippen molar-refractivity contribution in [1.82, 2.24) is 4.98 Å². The van der Waals surface area contributed by atoms with Crippen molar-refractivity contribution in [3.63, 3.8) is 0 Å². The van der Waals surface area contributed by atoms with Gasteiger partial charge in [0.05, 0.1) is 5.52 Å². The van der Waals surface area contributed by atoms with Crippen LogP contribution in [0.2, 0.25) is 5.15 Å². The van der Waals surface area contributed by atoms with Gasteiger partial charge in [-0.05, 0) is 24.3 Å². The molecule has 23 heavy (non-hydrogen) atoms. The van der Waals surface area contributed by atoms with Crippen molar-refractivity contribution in [1.29, 1.82) is 0 Å². The molecule has 116 valence electrons. The Morgan fingerprint density at radius 3 is 2.61 bits per heavy atom. The van der Waals surface area contributed by atoms with Gasteiger partial charge in [-0.15, -0.1) is 0 Å². The molecule has 3 aromatic rings. The fourth-order valence-electron chi connectivity index (χ4n) is 2.10. The first-order valence-corrected chi connectivity index (χ1v) is 7.48. The highest BCUT2D eigenvalue weighted by Crippen LogP contribution is 2.21. The van der Waals surface area contributed by atoms with Crippen LogP contribution in [0.4, 0.5) is 0 Å². The molecular formula is C18H14ClNO3. The lowest BCUT2D eigenvalue weighted by Gasteiger charge is -2.09. The molecular weight excluding hydrogens is 314 g/mol. The number of hydrogen-bond donors (Lipinski definition) is 0. The highest BCUT2D eigenvalue weighted by atomic mass is 35.5. The molecule has 0 fully saturated rings. The average molecular weight is 328 g/mol. The Bertz CT molecular complexity index is 821. The smallest absolute Gasteiger partial charge is 0.344 e. The minimum atomic E-state index is -0.460.